The Morgan fingerprint density at radius 3 is 1.26 bits per heavy atom. The Morgan fingerprint density at radius 2 is 1.09 bits per heavy atom. The van der Waals surface area contributed by atoms with Crippen molar-refractivity contribution in [3.63, 3.8) is 0 Å². The molecule has 4 atom stereocenters. The number of nitrogens with zero attached hydrogens (tertiary/aromatic N) is 6. The van der Waals surface area contributed by atoms with Crippen molar-refractivity contribution in [3.8, 4) is 12.1 Å². The second-order valence-corrected chi connectivity index (χ2v) is 8.59. The van der Waals surface area contributed by atoms with Gasteiger partial charge in [0.25, 0.3) is 0 Å². The first-order valence-corrected chi connectivity index (χ1v) is 10.2. The number of hydrogen-bond donors (Lipinski definition) is 6. The summed E-state index contributed by atoms with van der Waals surface area (Å²) in [5, 5.41) is 64.7. The number of carboxylic acid groups (broad SMARTS) is 2. The Hall–Kier alpha value is -3.65. The van der Waals surface area contributed by atoms with Gasteiger partial charge in [0.15, 0.2) is 0 Å². The van der Waals surface area contributed by atoms with Crippen molar-refractivity contribution in [1.29, 1.82) is 21.3 Å². The Bertz CT molecular complexity index is 819. The first kappa shape index (κ1) is 35.9. The standard InChI is InChI=1S/C12H16N4O4.C8H18N6.ClH/c1-7(3-9(5-13)11(17)18)15-16-8(2)4-10(6-14)12(19)20;1-7(2,5(9)10)13-14-8(3,4)6(11)12;/h7-10H,3-4H2,1-2H3,(H,17,18)(H,19,20);1-4H3,(H3,9,10)(H3,11,12);1H. The Kier molecular flexibility index (Phi) is 16.5. The van der Waals surface area contributed by atoms with Gasteiger partial charge < -0.3 is 21.7 Å². The van der Waals surface area contributed by atoms with Gasteiger partial charge in [-0.25, -0.2) is 0 Å². The average molecular weight is 515 g/mol. The highest BCUT2D eigenvalue weighted by Gasteiger charge is 2.25. The van der Waals surface area contributed by atoms with Crippen molar-refractivity contribution in [1.82, 2.24) is 0 Å². The third-order valence-electron chi connectivity index (χ3n) is 4.39. The van der Waals surface area contributed by atoms with Crippen molar-refractivity contribution in [3.05, 3.63) is 0 Å². The first-order valence-electron chi connectivity index (χ1n) is 10.2. The maximum absolute atomic E-state index is 10.7. The minimum absolute atomic E-state index is 0. The van der Waals surface area contributed by atoms with Crippen LogP contribution < -0.4 is 11.5 Å². The van der Waals surface area contributed by atoms with E-state index in [4.69, 9.17) is 43.0 Å². The third-order valence-corrected chi connectivity index (χ3v) is 4.39. The maximum atomic E-state index is 10.7. The van der Waals surface area contributed by atoms with Gasteiger partial charge in [0.2, 0.25) is 0 Å². The predicted molar refractivity (Wildman–Crippen MR) is 131 cm³/mol. The van der Waals surface area contributed by atoms with Crippen LogP contribution in [0.25, 0.3) is 0 Å². The highest BCUT2D eigenvalue weighted by molar-refractivity contribution is 5.87. The lowest BCUT2D eigenvalue weighted by atomic mass is 10.0. The molecular weight excluding hydrogens is 480 g/mol. The van der Waals surface area contributed by atoms with E-state index >= 15 is 0 Å². The summed E-state index contributed by atoms with van der Waals surface area (Å²) < 4.78 is 0. The normalized spacial score (nSPS) is 14.7. The molecule has 15 heteroatoms. The molecule has 0 radical (unpaired) electrons. The number of rotatable bonds is 12. The van der Waals surface area contributed by atoms with E-state index in [1.165, 1.54) is 0 Å². The minimum Gasteiger partial charge on any atom is -0.480 e. The molecule has 0 amide bonds. The molecule has 0 rings (SSSR count). The number of halogens is 1. The number of hydrogen-bond acceptors (Lipinski definition) is 10. The van der Waals surface area contributed by atoms with Gasteiger partial charge in [-0.2, -0.15) is 31.0 Å². The number of amidine groups is 2. The molecule has 4 unspecified atom stereocenters. The van der Waals surface area contributed by atoms with Crippen LogP contribution in [0.3, 0.4) is 0 Å². The van der Waals surface area contributed by atoms with E-state index in [0.717, 1.165) is 0 Å². The summed E-state index contributed by atoms with van der Waals surface area (Å²) in [5.74, 6) is -4.85. The molecule has 0 spiro atoms. The van der Waals surface area contributed by atoms with Gasteiger partial charge >= 0.3 is 11.9 Å². The number of carbonyl (C=O) groups is 2. The van der Waals surface area contributed by atoms with Gasteiger partial charge in [-0.1, -0.05) is 0 Å². The SMILES string of the molecule is CC(C)(N=NC(C)(C)C(=N)N)C(=N)N.CC(CC(C#N)C(=O)O)N=NC(C)CC(C#N)C(=O)O.Cl. The summed E-state index contributed by atoms with van der Waals surface area (Å²) in [6.07, 6.45) is 0.0608. The van der Waals surface area contributed by atoms with Crippen LogP contribution in [0.4, 0.5) is 0 Å². The summed E-state index contributed by atoms with van der Waals surface area (Å²) in [4.78, 5) is 21.3. The fourth-order valence-electron chi connectivity index (χ4n) is 1.78. The van der Waals surface area contributed by atoms with E-state index in [1.54, 1.807) is 53.7 Å². The molecule has 0 bridgehead atoms. The largest absolute Gasteiger partial charge is 0.480 e. The monoisotopic (exact) mass is 514 g/mol. The molecule has 0 aromatic carbocycles. The molecule has 35 heavy (non-hydrogen) atoms. The summed E-state index contributed by atoms with van der Waals surface area (Å²) in [6.45, 7) is 9.93. The molecule has 0 heterocycles. The van der Waals surface area contributed by atoms with Crippen LogP contribution in [-0.4, -0.2) is 57.0 Å². The Balaban J connectivity index is -0.000000603. The van der Waals surface area contributed by atoms with E-state index in [1.807, 2.05) is 0 Å². The average Bonchev–Trinajstić information content (AvgIpc) is 2.72. The smallest absolute Gasteiger partial charge is 0.320 e. The van der Waals surface area contributed by atoms with E-state index in [0.29, 0.717) is 0 Å². The highest BCUT2D eigenvalue weighted by Crippen LogP contribution is 2.15. The number of aliphatic carboxylic acids is 2. The van der Waals surface area contributed by atoms with Gasteiger partial charge in [0.1, 0.15) is 34.6 Å². The topological polar surface area (TPSA) is 271 Å². The summed E-state index contributed by atoms with van der Waals surface area (Å²) >= 11 is 0. The van der Waals surface area contributed by atoms with Crippen molar-refractivity contribution in [2.45, 2.75) is 77.5 Å². The van der Waals surface area contributed by atoms with E-state index < -0.39 is 46.9 Å². The summed E-state index contributed by atoms with van der Waals surface area (Å²) in [5.41, 5.74) is 8.96. The Morgan fingerprint density at radius 1 is 0.829 bits per heavy atom. The van der Waals surface area contributed by atoms with Crippen molar-refractivity contribution >= 4 is 36.0 Å². The highest BCUT2D eigenvalue weighted by atomic mass is 35.5. The van der Waals surface area contributed by atoms with Crippen LogP contribution in [0.2, 0.25) is 0 Å². The zero-order valence-corrected chi connectivity index (χ0v) is 21.5. The van der Waals surface area contributed by atoms with Gasteiger partial charge in [-0.3, -0.25) is 20.4 Å². The lowest BCUT2D eigenvalue weighted by Gasteiger charge is -2.20. The molecule has 0 fully saturated rings. The minimum atomic E-state index is -1.21. The molecule has 0 aliphatic carbocycles. The van der Waals surface area contributed by atoms with E-state index in [-0.39, 0.29) is 36.9 Å². The zero-order chi connectivity index (χ0) is 27.3. The lowest BCUT2D eigenvalue weighted by molar-refractivity contribution is -0.141. The van der Waals surface area contributed by atoms with Gasteiger partial charge in [-0.15, -0.1) is 12.4 Å². The van der Waals surface area contributed by atoms with Crippen molar-refractivity contribution < 1.29 is 19.8 Å². The quantitative estimate of drug-likeness (QED) is 0.127. The zero-order valence-electron chi connectivity index (χ0n) is 20.7. The number of nitriles is 2. The van der Waals surface area contributed by atoms with Crippen LogP contribution in [0.5, 0.6) is 0 Å². The molecule has 0 saturated heterocycles. The molecule has 8 N–H and O–H groups in total. The fraction of sp³-hybridized carbons (Fsp3) is 0.700. The number of nitrogens with one attached hydrogen (secondary N) is 2. The van der Waals surface area contributed by atoms with Crippen LogP contribution in [0.1, 0.15) is 54.4 Å². The molecule has 196 valence electrons. The molecule has 0 saturated carbocycles. The van der Waals surface area contributed by atoms with E-state index in [2.05, 4.69) is 20.5 Å². The van der Waals surface area contributed by atoms with Crippen LogP contribution >= 0.6 is 12.4 Å². The molecule has 0 aliphatic rings. The number of nitrogens with two attached hydrogens (primary N) is 2. The molecule has 0 aromatic rings. The molecule has 0 aromatic heterocycles. The second kappa shape index (κ2) is 16.1. The van der Waals surface area contributed by atoms with Crippen molar-refractivity contribution in [2.75, 3.05) is 0 Å². The van der Waals surface area contributed by atoms with Gasteiger partial charge in [-0.05, 0) is 54.4 Å². The fourth-order valence-corrected chi connectivity index (χ4v) is 1.78. The first-order chi connectivity index (χ1) is 15.4. The van der Waals surface area contributed by atoms with E-state index in [9.17, 15) is 9.59 Å². The molecular formula is C20H35ClN10O4. The van der Waals surface area contributed by atoms with Gasteiger partial charge in [0, 0.05) is 0 Å². The van der Waals surface area contributed by atoms with Crippen molar-refractivity contribution in [2.24, 2.45) is 43.8 Å². The maximum Gasteiger partial charge on any atom is 0.320 e. The summed E-state index contributed by atoms with van der Waals surface area (Å²) in [6, 6.07) is 2.37. The third kappa shape index (κ3) is 15.0. The number of carboxylic acids is 2. The second-order valence-electron chi connectivity index (χ2n) is 8.59. The Labute approximate surface area is 210 Å². The molecule has 0 aliphatic heterocycles. The van der Waals surface area contributed by atoms with Crippen LogP contribution in [-0.2, 0) is 9.59 Å². The molecule has 14 nitrogen and oxygen atoms in total. The van der Waals surface area contributed by atoms with Crippen LogP contribution in [0.15, 0.2) is 20.5 Å². The lowest BCUT2D eigenvalue weighted by Crippen LogP contribution is -2.38. The predicted octanol–water partition coefficient (Wildman–Crippen LogP) is 2.73. The number of azo groups is 2. The van der Waals surface area contributed by atoms with Gasteiger partial charge in [0.05, 0.1) is 24.2 Å². The summed E-state index contributed by atoms with van der Waals surface area (Å²) in [7, 11) is 0. The van der Waals surface area contributed by atoms with Crippen LogP contribution in [0, 0.1) is 45.3 Å².